The molecule has 0 radical (unpaired) electrons. The maximum Gasteiger partial charge on any atom is 0.306 e. The first-order chi connectivity index (χ1) is 24.4. The average molecular weight is 709 g/mol. The molecule has 0 heterocycles. The molecule has 0 rings (SSSR count). The van der Waals surface area contributed by atoms with Gasteiger partial charge in [0, 0.05) is 19.3 Å². The van der Waals surface area contributed by atoms with Gasteiger partial charge in [0.05, 0.1) is 0 Å². The van der Waals surface area contributed by atoms with E-state index in [-0.39, 0.29) is 31.1 Å². The first kappa shape index (κ1) is 48.4. The van der Waals surface area contributed by atoms with Crippen molar-refractivity contribution in [3.05, 3.63) is 0 Å². The highest BCUT2D eigenvalue weighted by molar-refractivity contribution is 5.71. The second-order valence-corrected chi connectivity index (χ2v) is 15.5. The van der Waals surface area contributed by atoms with Gasteiger partial charge in [0.25, 0.3) is 0 Å². The summed E-state index contributed by atoms with van der Waals surface area (Å²) in [4.78, 5) is 37.5. The number of hydrogen-bond donors (Lipinski definition) is 0. The average Bonchev–Trinajstić information content (AvgIpc) is 3.09. The summed E-state index contributed by atoms with van der Waals surface area (Å²) in [6, 6.07) is 0. The van der Waals surface area contributed by atoms with E-state index in [0.29, 0.717) is 19.3 Å². The molecule has 0 aromatic heterocycles. The molecule has 6 nitrogen and oxygen atoms in total. The van der Waals surface area contributed by atoms with E-state index in [4.69, 9.17) is 14.2 Å². The monoisotopic (exact) mass is 709 g/mol. The largest absolute Gasteiger partial charge is 0.462 e. The van der Waals surface area contributed by atoms with Crippen LogP contribution in [0.1, 0.15) is 240 Å². The lowest BCUT2D eigenvalue weighted by atomic mass is 10.0. The van der Waals surface area contributed by atoms with Crippen LogP contribution in [0.15, 0.2) is 0 Å². The second-order valence-electron chi connectivity index (χ2n) is 15.5. The Hall–Kier alpha value is -1.59. The molecule has 0 aliphatic carbocycles. The van der Waals surface area contributed by atoms with Crippen molar-refractivity contribution < 1.29 is 28.6 Å². The molecule has 0 spiro atoms. The van der Waals surface area contributed by atoms with Crippen molar-refractivity contribution in [2.45, 2.75) is 246 Å². The van der Waals surface area contributed by atoms with Crippen LogP contribution in [0, 0.1) is 5.92 Å². The second kappa shape index (κ2) is 38.6. The Morgan fingerprint density at radius 2 is 0.660 bits per heavy atom. The summed E-state index contributed by atoms with van der Waals surface area (Å²) in [7, 11) is 0. The minimum Gasteiger partial charge on any atom is -0.462 e. The van der Waals surface area contributed by atoms with Gasteiger partial charge in [-0.25, -0.2) is 0 Å². The Bertz CT molecular complexity index is 751. The SMILES string of the molecule is CCCCCCCCCCCCCCCCCC(=O)O[C@H](COC(=O)CCCCCCCCC)COC(=O)CCCCCCCCCC(C)C. The Kier molecular flexibility index (Phi) is 37.4. The summed E-state index contributed by atoms with van der Waals surface area (Å²) in [5, 5.41) is 0. The number of hydrogen-bond acceptors (Lipinski definition) is 6. The molecule has 0 bridgehead atoms. The lowest BCUT2D eigenvalue weighted by molar-refractivity contribution is -0.167. The minimum atomic E-state index is -0.758. The minimum absolute atomic E-state index is 0.0655. The van der Waals surface area contributed by atoms with Gasteiger partial charge in [-0.3, -0.25) is 14.4 Å². The first-order valence-corrected chi connectivity index (χ1v) is 21.9. The fourth-order valence-electron chi connectivity index (χ4n) is 6.45. The summed E-state index contributed by atoms with van der Waals surface area (Å²) in [5.41, 5.74) is 0. The molecular weight excluding hydrogens is 624 g/mol. The van der Waals surface area contributed by atoms with Crippen LogP contribution < -0.4 is 0 Å². The third kappa shape index (κ3) is 37.7. The molecule has 0 N–H and O–H groups in total. The van der Waals surface area contributed by atoms with Crippen molar-refractivity contribution in [2.75, 3.05) is 13.2 Å². The van der Waals surface area contributed by atoms with Crippen molar-refractivity contribution >= 4 is 17.9 Å². The van der Waals surface area contributed by atoms with Gasteiger partial charge < -0.3 is 14.2 Å². The van der Waals surface area contributed by atoms with E-state index in [2.05, 4.69) is 27.7 Å². The number of ether oxygens (including phenoxy) is 3. The van der Waals surface area contributed by atoms with Crippen molar-refractivity contribution in [3.63, 3.8) is 0 Å². The van der Waals surface area contributed by atoms with Crippen LogP contribution in [0.3, 0.4) is 0 Å². The van der Waals surface area contributed by atoms with Crippen LogP contribution >= 0.6 is 0 Å². The number of carbonyl (C=O) groups is 3. The van der Waals surface area contributed by atoms with Crippen molar-refractivity contribution in [3.8, 4) is 0 Å². The fourth-order valence-corrected chi connectivity index (χ4v) is 6.45. The maximum absolute atomic E-state index is 12.7. The third-order valence-corrected chi connectivity index (χ3v) is 9.79. The predicted molar refractivity (Wildman–Crippen MR) is 210 cm³/mol. The molecule has 0 aromatic rings. The number of unbranched alkanes of at least 4 members (excludes halogenated alkanes) is 26. The van der Waals surface area contributed by atoms with Crippen LogP contribution in [0.25, 0.3) is 0 Å². The quantitative estimate of drug-likeness (QED) is 0.0359. The van der Waals surface area contributed by atoms with Crippen LogP contribution in [0.4, 0.5) is 0 Å². The van der Waals surface area contributed by atoms with E-state index in [1.807, 2.05) is 0 Å². The van der Waals surface area contributed by atoms with Crippen molar-refractivity contribution in [1.29, 1.82) is 0 Å². The van der Waals surface area contributed by atoms with Gasteiger partial charge in [-0.1, -0.05) is 201 Å². The molecule has 296 valence electrons. The van der Waals surface area contributed by atoms with Crippen molar-refractivity contribution in [2.24, 2.45) is 5.92 Å². The van der Waals surface area contributed by atoms with Gasteiger partial charge >= 0.3 is 17.9 Å². The standard InChI is InChI=1S/C44H84O6/c1-5-7-9-11-13-14-15-16-17-18-19-20-24-29-33-37-44(47)50-41(38-48-42(45)35-31-27-22-12-10-8-6-2)39-49-43(46)36-32-28-25-21-23-26-30-34-40(3)4/h40-41H,5-39H2,1-4H3/t41-/m1/s1. The van der Waals surface area contributed by atoms with E-state index in [9.17, 15) is 14.4 Å². The number of carbonyl (C=O) groups excluding carboxylic acids is 3. The zero-order valence-corrected chi connectivity index (χ0v) is 33.9. The lowest BCUT2D eigenvalue weighted by Gasteiger charge is -2.18. The van der Waals surface area contributed by atoms with E-state index >= 15 is 0 Å². The molecule has 0 amide bonds. The molecule has 0 aliphatic rings. The first-order valence-electron chi connectivity index (χ1n) is 21.9. The molecular formula is C44H84O6. The molecule has 0 fully saturated rings. The van der Waals surface area contributed by atoms with Crippen LogP contribution in [0.2, 0.25) is 0 Å². The zero-order chi connectivity index (χ0) is 36.8. The molecule has 0 saturated carbocycles. The normalized spacial score (nSPS) is 11.9. The highest BCUT2D eigenvalue weighted by Crippen LogP contribution is 2.16. The van der Waals surface area contributed by atoms with Crippen LogP contribution in [0.5, 0.6) is 0 Å². The molecule has 50 heavy (non-hydrogen) atoms. The molecule has 0 saturated heterocycles. The predicted octanol–water partition coefficient (Wildman–Crippen LogP) is 13.6. The highest BCUT2D eigenvalue weighted by Gasteiger charge is 2.19. The van der Waals surface area contributed by atoms with E-state index in [1.165, 1.54) is 135 Å². The lowest BCUT2D eigenvalue weighted by Crippen LogP contribution is -2.30. The fraction of sp³-hybridized carbons (Fsp3) is 0.932. The van der Waals surface area contributed by atoms with Crippen LogP contribution in [-0.2, 0) is 28.6 Å². The van der Waals surface area contributed by atoms with E-state index in [1.54, 1.807) is 0 Å². The Morgan fingerprint density at radius 1 is 0.380 bits per heavy atom. The molecule has 0 unspecified atom stereocenters. The van der Waals surface area contributed by atoms with Gasteiger partial charge in [-0.15, -0.1) is 0 Å². The smallest absolute Gasteiger partial charge is 0.306 e. The summed E-state index contributed by atoms with van der Waals surface area (Å²) in [6.45, 7) is 8.90. The van der Waals surface area contributed by atoms with Gasteiger partial charge in [0.1, 0.15) is 13.2 Å². The maximum atomic E-state index is 12.7. The number of esters is 3. The molecule has 1 atom stereocenters. The van der Waals surface area contributed by atoms with Gasteiger partial charge in [-0.05, 0) is 25.2 Å². The zero-order valence-electron chi connectivity index (χ0n) is 33.9. The number of rotatable bonds is 39. The third-order valence-electron chi connectivity index (χ3n) is 9.79. The van der Waals surface area contributed by atoms with Gasteiger partial charge in [0.15, 0.2) is 6.10 Å². The Balaban J connectivity index is 4.27. The van der Waals surface area contributed by atoms with Crippen LogP contribution in [-0.4, -0.2) is 37.2 Å². The van der Waals surface area contributed by atoms with Gasteiger partial charge in [-0.2, -0.15) is 0 Å². The highest BCUT2D eigenvalue weighted by atomic mass is 16.6. The summed E-state index contributed by atoms with van der Waals surface area (Å²) in [6.07, 6.45) is 36.7. The molecule has 0 aromatic carbocycles. The van der Waals surface area contributed by atoms with Gasteiger partial charge in [0.2, 0.25) is 0 Å². The summed E-state index contributed by atoms with van der Waals surface area (Å²) in [5.74, 6) is -0.0838. The van der Waals surface area contributed by atoms with E-state index < -0.39 is 6.10 Å². The molecule has 0 aliphatic heterocycles. The Labute approximate surface area is 310 Å². The topological polar surface area (TPSA) is 78.9 Å². The molecule has 6 heteroatoms. The summed E-state index contributed by atoms with van der Waals surface area (Å²) < 4.78 is 16.6. The van der Waals surface area contributed by atoms with Crippen molar-refractivity contribution in [1.82, 2.24) is 0 Å². The summed E-state index contributed by atoms with van der Waals surface area (Å²) >= 11 is 0. The van der Waals surface area contributed by atoms with E-state index in [0.717, 1.165) is 63.7 Å². The Morgan fingerprint density at radius 3 is 0.980 bits per heavy atom.